The van der Waals surface area contributed by atoms with Crippen molar-refractivity contribution in [2.75, 3.05) is 31.2 Å². The third-order valence-corrected chi connectivity index (χ3v) is 5.57. The number of hydrogen-bond acceptors (Lipinski definition) is 5. The van der Waals surface area contributed by atoms with Gasteiger partial charge < -0.3 is 20.3 Å². The minimum Gasteiger partial charge on any atom is -0.378 e. The number of amides is 2. The monoisotopic (exact) mass is 444 g/mol. The maximum absolute atomic E-state index is 12.7. The molecule has 0 bridgehead atoms. The molecule has 33 heavy (non-hydrogen) atoms. The van der Waals surface area contributed by atoms with Gasteiger partial charge in [-0.3, -0.25) is 9.59 Å². The Labute approximate surface area is 193 Å². The summed E-state index contributed by atoms with van der Waals surface area (Å²) < 4.78 is 5.38. The van der Waals surface area contributed by atoms with Gasteiger partial charge in [-0.15, -0.1) is 0 Å². The van der Waals surface area contributed by atoms with E-state index in [1.54, 1.807) is 18.3 Å². The second-order valence-corrected chi connectivity index (χ2v) is 7.91. The number of carbonyl (C=O) groups excluding carboxylic acids is 2. The van der Waals surface area contributed by atoms with Crippen molar-refractivity contribution in [1.82, 2.24) is 15.6 Å². The van der Waals surface area contributed by atoms with Gasteiger partial charge in [0.25, 0.3) is 5.91 Å². The number of ether oxygens (including phenoxy) is 1. The van der Waals surface area contributed by atoms with Gasteiger partial charge in [0.1, 0.15) is 5.82 Å². The van der Waals surface area contributed by atoms with E-state index in [4.69, 9.17) is 4.74 Å². The van der Waals surface area contributed by atoms with Crippen molar-refractivity contribution in [2.24, 2.45) is 0 Å². The molecule has 1 atom stereocenters. The molecule has 2 heterocycles. The molecule has 2 aromatic carbocycles. The van der Waals surface area contributed by atoms with Crippen LogP contribution in [0.4, 0.5) is 5.82 Å². The fourth-order valence-corrected chi connectivity index (χ4v) is 3.73. The molecule has 1 aromatic heterocycles. The lowest BCUT2D eigenvalue weighted by atomic mass is 10.0. The number of nitrogens with one attached hydrogen (secondary N) is 2. The van der Waals surface area contributed by atoms with Crippen LogP contribution in [0.1, 0.15) is 33.9 Å². The van der Waals surface area contributed by atoms with Gasteiger partial charge in [0.15, 0.2) is 0 Å². The van der Waals surface area contributed by atoms with Gasteiger partial charge in [0.05, 0.1) is 25.7 Å². The number of benzene rings is 2. The van der Waals surface area contributed by atoms with Crippen LogP contribution >= 0.6 is 0 Å². The third-order valence-electron chi connectivity index (χ3n) is 5.57. The number of rotatable bonds is 8. The Morgan fingerprint density at radius 3 is 2.30 bits per heavy atom. The Hall–Kier alpha value is -3.71. The molecule has 2 amide bonds. The lowest BCUT2D eigenvalue weighted by Gasteiger charge is -2.27. The number of anilines is 1. The van der Waals surface area contributed by atoms with E-state index in [0.29, 0.717) is 25.3 Å². The van der Waals surface area contributed by atoms with E-state index in [9.17, 15) is 9.59 Å². The SMILES string of the molecule is O=C(C[C@H](NC(=O)c1ccccc1)c1ccccc1)NCc1ccc(N2CCOCC2)nc1. The molecule has 1 fully saturated rings. The molecule has 0 saturated carbocycles. The number of aromatic nitrogens is 1. The van der Waals surface area contributed by atoms with Gasteiger partial charge in [-0.2, -0.15) is 0 Å². The van der Waals surface area contributed by atoms with Gasteiger partial charge in [0.2, 0.25) is 5.91 Å². The number of morpholine rings is 1. The first-order valence-electron chi connectivity index (χ1n) is 11.1. The molecule has 7 heteroatoms. The standard InChI is InChI=1S/C26H28N4O3/c31-25(28-19-20-11-12-24(27-18-20)30-13-15-33-16-14-30)17-23(21-7-3-1-4-8-21)29-26(32)22-9-5-2-6-10-22/h1-12,18,23H,13-17,19H2,(H,28,31)(H,29,32)/t23-/m0/s1. The minimum absolute atomic E-state index is 0.141. The molecule has 0 spiro atoms. The van der Waals surface area contributed by atoms with Crippen LogP contribution in [-0.4, -0.2) is 43.1 Å². The van der Waals surface area contributed by atoms with Crippen LogP contribution in [0.5, 0.6) is 0 Å². The molecule has 0 aliphatic carbocycles. The fraction of sp³-hybridized carbons (Fsp3) is 0.269. The number of pyridine rings is 1. The van der Waals surface area contributed by atoms with Crippen molar-refractivity contribution >= 4 is 17.6 Å². The maximum Gasteiger partial charge on any atom is 0.251 e. The van der Waals surface area contributed by atoms with Crippen LogP contribution < -0.4 is 15.5 Å². The van der Waals surface area contributed by atoms with Gasteiger partial charge in [0, 0.05) is 31.4 Å². The molecule has 170 valence electrons. The average molecular weight is 445 g/mol. The van der Waals surface area contributed by atoms with Crippen molar-refractivity contribution in [3.63, 3.8) is 0 Å². The lowest BCUT2D eigenvalue weighted by molar-refractivity contribution is -0.121. The minimum atomic E-state index is -0.430. The quantitative estimate of drug-likeness (QED) is 0.558. The molecular formula is C26H28N4O3. The normalized spacial score (nSPS) is 14.4. The van der Waals surface area contributed by atoms with Gasteiger partial charge in [-0.1, -0.05) is 54.6 Å². The summed E-state index contributed by atoms with van der Waals surface area (Å²) in [5, 5.41) is 5.94. The number of carbonyl (C=O) groups is 2. The summed E-state index contributed by atoms with van der Waals surface area (Å²) in [6.07, 6.45) is 1.93. The Bertz CT molecular complexity index is 1040. The Morgan fingerprint density at radius 2 is 1.64 bits per heavy atom. The molecule has 1 aliphatic rings. The van der Waals surface area contributed by atoms with Crippen LogP contribution in [0, 0.1) is 0 Å². The Balaban J connectivity index is 1.35. The van der Waals surface area contributed by atoms with Crippen molar-refractivity contribution in [2.45, 2.75) is 19.0 Å². The Kier molecular flexibility index (Phi) is 7.66. The summed E-state index contributed by atoms with van der Waals surface area (Å²) in [6, 6.07) is 22.1. The highest BCUT2D eigenvalue weighted by Gasteiger charge is 2.19. The maximum atomic E-state index is 12.7. The molecule has 0 unspecified atom stereocenters. The van der Waals surface area contributed by atoms with E-state index in [1.807, 2.05) is 60.7 Å². The second kappa shape index (κ2) is 11.2. The van der Waals surface area contributed by atoms with E-state index >= 15 is 0 Å². The first-order chi connectivity index (χ1) is 16.2. The van der Waals surface area contributed by atoms with E-state index in [-0.39, 0.29) is 18.2 Å². The smallest absolute Gasteiger partial charge is 0.251 e. The van der Waals surface area contributed by atoms with Crippen LogP contribution in [0.15, 0.2) is 79.0 Å². The van der Waals surface area contributed by atoms with Crippen LogP contribution in [0.3, 0.4) is 0 Å². The zero-order chi connectivity index (χ0) is 22.9. The summed E-state index contributed by atoms with van der Waals surface area (Å²) >= 11 is 0. The molecule has 7 nitrogen and oxygen atoms in total. The molecule has 0 radical (unpaired) electrons. The number of nitrogens with zero attached hydrogens (tertiary/aromatic N) is 2. The highest BCUT2D eigenvalue weighted by molar-refractivity contribution is 5.94. The summed E-state index contributed by atoms with van der Waals surface area (Å²) in [5.74, 6) is 0.566. The summed E-state index contributed by atoms with van der Waals surface area (Å²) in [7, 11) is 0. The van der Waals surface area contributed by atoms with Crippen molar-refractivity contribution in [1.29, 1.82) is 0 Å². The van der Waals surface area contributed by atoms with Crippen LogP contribution in [0.2, 0.25) is 0 Å². The molecule has 4 rings (SSSR count). The topological polar surface area (TPSA) is 83.6 Å². The zero-order valence-electron chi connectivity index (χ0n) is 18.4. The van der Waals surface area contributed by atoms with E-state index in [1.165, 1.54) is 0 Å². The van der Waals surface area contributed by atoms with Crippen LogP contribution in [-0.2, 0) is 16.1 Å². The molecule has 1 aliphatic heterocycles. The fourth-order valence-electron chi connectivity index (χ4n) is 3.73. The summed E-state index contributed by atoms with van der Waals surface area (Å²) in [5.41, 5.74) is 2.36. The molecule has 3 aromatic rings. The lowest BCUT2D eigenvalue weighted by Crippen LogP contribution is -2.36. The number of hydrogen-bond donors (Lipinski definition) is 2. The Morgan fingerprint density at radius 1 is 0.939 bits per heavy atom. The molecular weight excluding hydrogens is 416 g/mol. The second-order valence-electron chi connectivity index (χ2n) is 7.91. The predicted molar refractivity (Wildman–Crippen MR) is 127 cm³/mol. The van der Waals surface area contributed by atoms with Gasteiger partial charge in [-0.25, -0.2) is 4.98 Å². The van der Waals surface area contributed by atoms with E-state index in [0.717, 1.165) is 30.0 Å². The zero-order valence-corrected chi connectivity index (χ0v) is 18.4. The highest BCUT2D eigenvalue weighted by Crippen LogP contribution is 2.18. The third kappa shape index (κ3) is 6.40. The first kappa shape index (κ1) is 22.5. The molecule has 2 N–H and O–H groups in total. The van der Waals surface area contributed by atoms with E-state index < -0.39 is 6.04 Å². The largest absolute Gasteiger partial charge is 0.378 e. The van der Waals surface area contributed by atoms with Crippen LogP contribution in [0.25, 0.3) is 0 Å². The predicted octanol–water partition coefficient (Wildman–Crippen LogP) is 3.10. The highest BCUT2D eigenvalue weighted by atomic mass is 16.5. The average Bonchev–Trinajstić information content (AvgIpc) is 2.89. The van der Waals surface area contributed by atoms with E-state index in [2.05, 4.69) is 20.5 Å². The van der Waals surface area contributed by atoms with Gasteiger partial charge >= 0.3 is 0 Å². The first-order valence-corrected chi connectivity index (χ1v) is 11.1. The molecule has 1 saturated heterocycles. The van der Waals surface area contributed by atoms with Crippen molar-refractivity contribution in [3.8, 4) is 0 Å². The van der Waals surface area contributed by atoms with Crippen molar-refractivity contribution in [3.05, 3.63) is 95.7 Å². The van der Waals surface area contributed by atoms with Gasteiger partial charge in [-0.05, 0) is 29.3 Å². The summed E-state index contributed by atoms with van der Waals surface area (Å²) in [6.45, 7) is 3.46. The van der Waals surface area contributed by atoms with Crippen molar-refractivity contribution < 1.29 is 14.3 Å². The summed E-state index contributed by atoms with van der Waals surface area (Å²) in [4.78, 5) is 32.1.